The molecule has 112 valence electrons. The summed E-state index contributed by atoms with van der Waals surface area (Å²) in [6.07, 6.45) is 1.80. The van der Waals surface area contributed by atoms with E-state index in [0.717, 1.165) is 42.5 Å². The molecule has 0 saturated carbocycles. The van der Waals surface area contributed by atoms with Crippen molar-refractivity contribution in [2.45, 2.75) is 26.1 Å². The molecule has 6 heteroatoms. The van der Waals surface area contributed by atoms with Gasteiger partial charge in [-0.1, -0.05) is 6.07 Å². The fourth-order valence-electron chi connectivity index (χ4n) is 2.77. The normalized spacial score (nSPS) is 18.3. The van der Waals surface area contributed by atoms with Crippen LogP contribution in [-0.4, -0.2) is 40.4 Å². The SMILES string of the molecule is COc1ccc(CN2CCn3cnnc3[C@H]2C)c(OC)c1. The second-order valence-corrected chi connectivity index (χ2v) is 5.21. The minimum absolute atomic E-state index is 0.244. The molecule has 1 aliphatic rings. The molecule has 3 rings (SSSR count). The molecule has 0 fully saturated rings. The zero-order valence-electron chi connectivity index (χ0n) is 12.6. The van der Waals surface area contributed by atoms with Gasteiger partial charge >= 0.3 is 0 Å². The summed E-state index contributed by atoms with van der Waals surface area (Å²) in [7, 11) is 3.35. The molecule has 0 spiro atoms. The first kappa shape index (κ1) is 13.9. The molecule has 0 bridgehead atoms. The molecule has 2 aromatic rings. The minimum atomic E-state index is 0.244. The van der Waals surface area contributed by atoms with E-state index in [9.17, 15) is 0 Å². The lowest BCUT2D eigenvalue weighted by molar-refractivity contribution is 0.154. The summed E-state index contributed by atoms with van der Waals surface area (Å²) in [5, 5.41) is 8.22. The average Bonchev–Trinajstić information content (AvgIpc) is 2.99. The summed E-state index contributed by atoms with van der Waals surface area (Å²) < 4.78 is 12.8. The number of benzene rings is 1. The number of fused-ring (bicyclic) bond motifs is 1. The van der Waals surface area contributed by atoms with Gasteiger partial charge in [-0.15, -0.1) is 10.2 Å². The zero-order chi connectivity index (χ0) is 14.8. The topological polar surface area (TPSA) is 52.4 Å². The lowest BCUT2D eigenvalue weighted by Crippen LogP contribution is -2.36. The van der Waals surface area contributed by atoms with Crippen LogP contribution in [-0.2, 0) is 13.1 Å². The Hall–Kier alpha value is -2.08. The van der Waals surface area contributed by atoms with E-state index in [0.29, 0.717) is 0 Å². The highest BCUT2D eigenvalue weighted by atomic mass is 16.5. The Morgan fingerprint density at radius 1 is 1.24 bits per heavy atom. The molecule has 6 nitrogen and oxygen atoms in total. The average molecular weight is 288 g/mol. The highest BCUT2D eigenvalue weighted by Crippen LogP contribution is 2.30. The standard InChI is InChI=1S/C15H20N4O2/c1-11-15-17-16-10-19(15)7-6-18(11)9-12-4-5-13(20-2)8-14(12)21-3/h4-5,8,10-11H,6-7,9H2,1-3H3/t11-/m1/s1. The highest BCUT2D eigenvalue weighted by molar-refractivity contribution is 5.40. The third kappa shape index (κ3) is 2.58. The van der Waals surface area contributed by atoms with Crippen molar-refractivity contribution in [2.75, 3.05) is 20.8 Å². The van der Waals surface area contributed by atoms with Crippen molar-refractivity contribution in [3.8, 4) is 11.5 Å². The zero-order valence-corrected chi connectivity index (χ0v) is 12.6. The first-order chi connectivity index (χ1) is 10.2. The van der Waals surface area contributed by atoms with Crippen LogP contribution >= 0.6 is 0 Å². The van der Waals surface area contributed by atoms with Crippen LogP contribution in [0.5, 0.6) is 11.5 Å². The van der Waals surface area contributed by atoms with Crippen LogP contribution in [0.2, 0.25) is 0 Å². The number of aromatic nitrogens is 3. The van der Waals surface area contributed by atoms with Gasteiger partial charge in [0.2, 0.25) is 0 Å². The maximum atomic E-state index is 5.48. The van der Waals surface area contributed by atoms with Crippen LogP contribution in [0.3, 0.4) is 0 Å². The molecule has 0 unspecified atom stereocenters. The summed E-state index contributed by atoms with van der Waals surface area (Å²) in [5.41, 5.74) is 1.15. The van der Waals surface area contributed by atoms with E-state index in [1.165, 1.54) is 0 Å². The summed E-state index contributed by atoms with van der Waals surface area (Å²) in [6, 6.07) is 6.19. The fourth-order valence-corrected chi connectivity index (χ4v) is 2.77. The van der Waals surface area contributed by atoms with Crippen LogP contribution in [0.1, 0.15) is 24.4 Å². The smallest absolute Gasteiger partial charge is 0.149 e. The van der Waals surface area contributed by atoms with Gasteiger partial charge in [0.15, 0.2) is 0 Å². The van der Waals surface area contributed by atoms with Crippen LogP contribution in [0.4, 0.5) is 0 Å². The summed E-state index contributed by atoms with van der Waals surface area (Å²) in [4.78, 5) is 2.38. The number of rotatable bonds is 4. The Balaban J connectivity index is 1.81. The second kappa shape index (κ2) is 5.73. The largest absolute Gasteiger partial charge is 0.497 e. The molecular weight excluding hydrogens is 268 g/mol. The van der Waals surface area contributed by atoms with Gasteiger partial charge in [0.05, 0.1) is 20.3 Å². The van der Waals surface area contributed by atoms with E-state index < -0.39 is 0 Å². The predicted molar refractivity (Wildman–Crippen MR) is 78.4 cm³/mol. The van der Waals surface area contributed by atoms with Crippen LogP contribution in [0.15, 0.2) is 24.5 Å². The van der Waals surface area contributed by atoms with Crippen LogP contribution < -0.4 is 9.47 Å². The first-order valence-corrected chi connectivity index (χ1v) is 7.05. The fraction of sp³-hybridized carbons (Fsp3) is 0.467. The maximum absolute atomic E-state index is 5.48. The van der Waals surface area contributed by atoms with E-state index >= 15 is 0 Å². The van der Waals surface area contributed by atoms with Crippen LogP contribution in [0, 0.1) is 0 Å². The second-order valence-electron chi connectivity index (χ2n) is 5.21. The van der Waals surface area contributed by atoms with E-state index in [2.05, 4.69) is 32.7 Å². The molecule has 0 aliphatic carbocycles. The van der Waals surface area contributed by atoms with E-state index in [1.54, 1.807) is 20.5 Å². The molecule has 0 N–H and O–H groups in total. The molecule has 1 atom stereocenters. The van der Waals surface area contributed by atoms with Gasteiger partial charge in [-0.25, -0.2) is 0 Å². The van der Waals surface area contributed by atoms with Gasteiger partial charge in [-0.3, -0.25) is 4.90 Å². The molecule has 0 saturated heterocycles. The quantitative estimate of drug-likeness (QED) is 0.859. The van der Waals surface area contributed by atoms with Crippen molar-refractivity contribution in [3.63, 3.8) is 0 Å². The molecule has 0 radical (unpaired) electrons. The predicted octanol–water partition coefficient (Wildman–Crippen LogP) is 1.87. The third-order valence-corrected chi connectivity index (χ3v) is 4.06. The monoisotopic (exact) mass is 288 g/mol. The molecule has 1 aliphatic heterocycles. The summed E-state index contributed by atoms with van der Waals surface area (Å²) in [6.45, 7) is 4.88. The van der Waals surface area contributed by atoms with E-state index in [4.69, 9.17) is 9.47 Å². The van der Waals surface area contributed by atoms with Gasteiger partial charge in [0.25, 0.3) is 0 Å². The van der Waals surface area contributed by atoms with Crippen molar-refractivity contribution in [1.82, 2.24) is 19.7 Å². The Bertz CT molecular complexity index is 626. The molecule has 21 heavy (non-hydrogen) atoms. The summed E-state index contributed by atoms with van der Waals surface area (Å²) in [5.74, 6) is 2.68. The molecule has 1 aromatic heterocycles. The summed E-state index contributed by atoms with van der Waals surface area (Å²) >= 11 is 0. The third-order valence-electron chi connectivity index (χ3n) is 4.06. The minimum Gasteiger partial charge on any atom is -0.497 e. The Kier molecular flexibility index (Phi) is 3.79. The number of ether oxygens (including phenoxy) is 2. The lowest BCUT2D eigenvalue weighted by atomic mass is 10.1. The van der Waals surface area contributed by atoms with Gasteiger partial charge in [-0.05, 0) is 13.0 Å². The van der Waals surface area contributed by atoms with Gasteiger partial charge in [0.1, 0.15) is 23.7 Å². The van der Waals surface area contributed by atoms with E-state index in [-0.39, 0.29) is 6.04 Å². The number of hydrogen-bond acceptors (Lipinski definition) is 5. The lowest BCUT2D eigenvalue weighted by Gasteiger charge is -2.33. The van der Waals surface area contributed by atoms with E-state index in [1.807, 2.05) is 12.1 Å². The molecule has 1 aromatic carbocycles. The Labute approximate surface area is 124 Å². The number of nitrogens with zero attached hydrogens (tertiary/aromatic N) is 4. The Morgan fingerprint density at radius 2 is 2.10 bits per heavy atom. The first-order valence-electron chi connectivity index (χ1n) is 7.05. The Morgan fingerprint density at radius 3 is 2.86 bits per heavy atom. The van der Waals surface area contributed by atoms with Gasteiger partial charge < -0.3 is 14.0 Å². The highest BCUT2D eigenvalue weighted by Gasteiger charge is 2.26. The number of methoxy groups -OCH3 is 2. The van der Waals surface area contributed by atoms with Gasteiger partial charge in [0, 0.05) is 31.3 Å². The maximum Gasteiger partial charge on any atom is 0.149 e. The van der Waals surface area contributed by atoms with Crippen LogP contribution in [0.25, 0.3) is 0 Å². The van der Waals surface area contributed by atoms with Crippen molar-refractivity contribution in [1.29, 1.82) is 0 Å². The molecule has 2 heterocycles. The van der Waals surface area contributed by atoms with Crippen molar-refractivity contribution < 1.29 is 9.47 Å². The van der Waals surface area contributed by atoms with Gasteiger partial charge in [-0.2, -0.15) is 0 Å². The van der Waals surface area contributed by atoms with Crippen molar-refractivity contribution in [2.24, 2.45) is 0 Å². The number of hydrogen-bond donors (Lipinski definition) is 0. The molecular formula is C15H20N4O2. The van der Waals surface area contributed by atoms with Crippen molar-refractivity contribution in [3.05, 3.63) is 35.9 Å². The van der Waals surface area contributed by atoms with Crippen molar-refractivity contribution >= 4 is 0 Å². The molecule has 0 amide bonds.